The fourth-order valence-corrected chi connectivity index (χ4v) is 4.54. The van der Waals surface area contributed by atoms with Gasteiger partial charge in [0.25, 0.3) is 5.91 Å². The number of nitrogens with zero attached hydrogens (tertiary/aromatic N) is 3. The van der Waals surface area contributed by atoms with Crippen LogP contribution in [0.15, 0.2) is 18.2 Å². The summed E-state index contributed by atoms with van der Waals surface area (Å²) in [4.78, 5) is 31.2. The highest BCUT2D eigenvalue weighted by molar-refractivity contribution is 5.95. The first-order chi connectivity index (χ1) is 12.5. The van der Waals surface area contributed by atoms with Crippen molar-refractivity contribution >= 4 is 17.6 Å². The minimum atomic E-state index is 0.0519. The first-order valence-corrected chi connectivity index (χ1v) is 9.67. The first-order valence-electron chi connectivity index (χ1n) is 9.67. The summed E-state index contributed by atoms with van der Waals surface area (Å²) in [5.74, 6) is 0.494. The largest absolute Gasteiger partial charge is 0.385 e. The Balaban J connectivity index is 1.54. The van der Waals surface area contributed by atoms with Crippen molar-refractivity contribution in [1.29, 1.82) is 0 Å². The lowest BCUT2D eigenvalue weighted by Crippen LogP contribution is -2.48. The zero-order valence-corrected chi connectivity index (χ0v) is 15.7. The van der Waals surface area contributed by atoms with E-state index in [-0.39, 0.29) is 18.0 Å². The lowest BCUT2D eigenvalue weighted by atomic mass is 9.93. The number of benzene rings is 1. The van der Waals surface area contributed by atoms with Gasteiger partial charge in [-0.15, -0.1) is 0 Å². The summed E-state index contributed by atoms with van der Waals surface area (Å²) in [6.45, 7) is 3.17. The number of hydrogen-bond donors (Lipinski definition) is 1. The molecule has 0 aromatic heterocycles. The quantitative estimate of drug-likeness (QED) is 0.840. The number of hydrogen-bond acceptors (Lipinski definition) is 3. The molecule has 2 atom stereocenters. The number of urea groups is 1. The van der Waals surface area contributed by atoms with E-state index in [9.17, 15) is 9.59 Å². The number of fused-ring (bicyclic) bond motifs is 5. The molecule has 1 N–H and O–H groups in total. The van der Waals surface area contributed by atoms with Gasteiger partial charge in [-0.2, -0.15) is 0 Å². The summed E-state index contributed by atoms with van der Waals surface area (Å²) in [6.07, 6.45) is 4.22. The van der Waals surface area contributed by atoms with Crippen molar-refractivity contribution in [3.8, 4) is 0 Å². The van der Waals surface area contributed by atoms with E-state index in [1.165, 1.54) is 5.56 Å². The standard InChI is InChI=1S/C20H28N4O2/c1-22(2)20(26)23-11-14-5-7-17(13-23)24(12-14)19(25)16-6-8-18-15(10-16)4-3-9-21-18/h6,8,10,14,17,21H,3-5,7,9,11-13H2,1-2H3/t14-,17+/m1/s1. The maximum atomic E-state index is 13.2. The fourth-order valence-electron chi connectivity index (χ4n) is 4.54. The molecule has 26 heavy (non-hydrogen) atoms. The van der Waals surface area contributed by atoms with Crippen LogP contribution in [-0.2, 0) is 6.42 Å². The van der Waals surface area contributed by atoms with Crippen molar-refractivity contribution in [2.24, 2.45) is 5.92 Å². The summed E-state index contributed by atoms with van der Waals surface area (Å²) < 4.78 is 0. The van der Waals surface area contributed by atoms with Crippen LogP contribution in [0, 0.1) is 5.92 Å². The second-order valence-electron chi connectivity index (χ2n) is 8.04. The molecule has 0 aliphatic carbocycles. The molecule has 6 heteroatoms. The summed E-state index contributed by atoms with van der Waals surface area (Å²) in [7, 11) is 3.58. The molecule has 0 spiro atoms. The molecule has 0 saturated carbocycles. The Bertz CT molecular complexity index is 718. The molecular formula is C20H28N4O2. The van der Waals surface area contributed by atoms with Gasteiger partial charge in [-0.1, -0.05) is 0 Å². The van der Waals surface area contributed by atoms with Crippen LogP contribution < -0.4 is 5.32 Å². The predicted octanol–water partition coefficient (Wildman–Crippen LogP) is 2.26. The molecule has 1 aromatic rings. The van der Waals surface area contributed by atoms with Gasteiger partial charge in [0.15, 0.2) is 0 Å². The van der Waals surface area contributed by atoms with E-state index in [1.807, 2.05) is 21.9 Å². The van der Waals surface area contributed by atoms with Crippen LogP contribution in [0.2, 0.25) is 0 Å². The van der Waals surface area contributed by atoms with Gasteiger partial charge < -0.3 is 20.0 Å². The number of rotatable bonds is 1. The molecule has 3 saturated heterocycles. The normalized spacial score (nSPS) is 24.5. The Kier molecular flexibility index (Phi) is 4.51. The molecule has 4 heterocycles. The molecule has 140 valence electrons. The molecular weight excluding hydrogens is 328 g/mol. The Morgan fingerprint density at radius 1 is 1.15 bits per heavy atom. The zero-order chi connectivity index (χ0) is 18.3. The Morgan fingerprint density at radius 2 is 2.00 bits per heavy atom. The third kappa shape index (κ3) is 3.13. The van der Waals surface area contributed by atoms with E-state index in [4.69, 9.17) is 0 Å². The highest BCUT2D eigenvalue weighted by Gasteiger charge is 2.39. The zero-order valence-electron chi connectivity index (χ0n) is 15.7. The van der Waals surface area contributed by atoms with E-state index in [2.05, 4.69) is 11.4 Å². The summed E-state index contributed by atoms with van der Waals surface area (Å²) >= 11 is 0. The molecule has 0 radical (unpaired) electrons. The van der Waals surface area contributed by atoms with Crippen LogP contribution in [0.5, 0.6) is 0 Å². The van der Waals surface area contributed by atoms with E-state index >= 15 is 0 Å². The van der Waals surface area contributed by atoms with Gasteiger partial charge in [0.05, 0.1) is 0 Å². The number of amides is 3. The third-order valence-electron chi connectivity index (χ3n) is 5.92. The Labute approximate surface area is 155 Å². The van der Waals surface area contributed by atoms with Crippen molar-refractivity contribution < 1.29 is 9.59 Å². The van der Waals surface area contributed by atoms with Crippen LogP contribution >= 0.6 is 0 Å². The van der Waals surface area contributed by atoms with Gasteiger partial charge in [0.1, 0.15) is 0 Å². The van der Waals surface area contributed by atoms with E-state index in [0.29, 0.717) is 12.5 Å². The molecule has 4 aliphatic rings. The number of piperidine rings is 1. The number of nitrogens with one attached hydrogen (secondary N) is 1. The van der Waals surface area contributed by atoms with Gasteiger partial charge in [-0.25, -0.2) is 4.79 Å². The molecule has 4 aliphatic heterocycles. The molecule has 3 fully saturated rings. The molecule has 1 aromatic carbocycles. The molecule has 3 amide bonds. The maximum Gasteiger partial charge on any atom is 0.319 e. The highest BCUT2D eigenvalue weighted by atomic mass is 16.2. The van der Waals surface area contributed by atoms with Crippen molar-refractivity contribution in [2.75, 3.05) is 45.6 Å². The Morgan fingerprint density at radius 3 is 2.81 bits per heavy atom. The van der Waals surface area contributed by atoms with E-state index < -0.39 is 0 Å². The summed E-state index contributed by atoms with van der Waals surface area (Å²) in [5.41, 5.74) is 3.19. The van der Waals surface area contributed by atoms with Gasteiger partial charge >= 0.3 is 6.03 Å². The second-order valence-corrected chi connectivity index (χ2v) is 8.04. The van der Waals surface area contributed by atoms with Gasteiger partial charge in [-0.3, -0.25) is 4.79 Å². The van der Waals surface area contributed by atoms with Gasteiger partial charge in [0, 0.05) is 57.6 Å². The lowest BCUT2D eigenvalue weighted by molar-refractivity contribution is 0.0585. The second kappa shape index (κ2) is 6.82. The SMILES string of the molecule is CN(C)C(=O)N1C[C@H]2CC[C@@H](C1)N(C(=O)c1ccc3c(c1)CCCN3)C2. The van der Waals surface area contributed by atoms with Gasteiger partial charge in [0.2, 0.25) is 0 Å². The highest BCUT2D eigenvalue weighted by Crippen LogP contribution is 2.31. The number of aryl methyl sites for hydroxylation is 1. The summed E-state index contributed by atoms with van der Waals surface area (Å²) in [6, 6.07) is 6.22. The lowest BCUT2D eigenvalue weighted by Gasteiger charge is -2.36. The fraction of sp³-hybridized carbons (Fsp3) is 0.600. The van der Waals surface area contributed by atoms with Crippen molar-refractivity contribution in [3.05, 3.63) is 29.3 Å². The molecule has 0 unspecified atom stereocenters. The van der Waals surface area contributed by atoms with Crippen LogP contribution in [0.4, 0.5) is 10.5 Å². The van der Waals surface area contributed by atoms with Crippen LogP contribution in [0.25, 0.3) is 0 Å². The summed E-state index contributed by atoms with van der Waals surface area (Å²) in [5, 5.41) is 3.40. The van der Waals surface area contributed by atoms with Crippen molar-refractivity contribution in [1.82, 2.24) is 14.7 Å². The van der Waals surface area contributed by atoms with Crippen LogP contribution in [0.1, 0.15) is 35.2 Å². The number of anilines is 1. The average molecular weight is 356 g/mol. The first kappa shape index (κ1) is 17.2. The molecule has 6 nitrogen and oxygen atoms in total. The molecule has 2 bridgehead atoms. The number of carbonyl (C=O) groups is 2. The maximum absolute atomic E-state index is 13.2. The van der Waals surface area contributed by atoms with E-state index in [0.717, 1.165) is 56.6 Å². The smallest absolute Gasteiger partial charge is 0.319 e. The number of carbonyl (C=O) groups excluding carboxylic acids is 2. The van der Waals surface area contributed by atoms with Crippen LogP contribution in [-0.4, -0.2) is 73.0 Å². The van der Waals surface area contributed by atoms with Crippen LogP contribution in [0.3, 0.4) is 0 Å². The van der Waals surface area contributed by atoms with Crippen molar-refractivity contribution in [3.63, 3.8) is 0 Å². The molecule has 5 rings (SSSR count). The monoisotopic (exact) mass is 356 g/mol. The topological polar surface area (TPSA) is 55.9 Å². The van der Waals surface area contributed by atoms with Crippen molar-refractivity contribution in [2.45, 2.75) is 31.7 Å². The predicted molar refractivity (Wildman–Crippen MR) is 101 cm³/mol. The van der Waals surface area contributed by atoms with Gasteiger partial charge in [-0.05, 0) is 55.4 Å². The van der Waals surface area contributed by atoms with E-state index in [1.54, 1.807) is 19.0 Å². The Hall–Kier alpha value is -2.24. The minimum absolute atomic E-state index is 0.0519. The average Bonchev–Trinajstić information content (AvgIpc) is 2.98. The third-order valence-corrected chi connectivity index (χ3v) is 5.92. The minimum Gasteiger partial charge on any atom is -0.385 e.